The molecule has 2 nitrogen and oxygen atoms in total. The predicted molar refractivity (Wildman–Crippen MR) is 70.5 cm³/mol. The van der Waals surface area contributed by atoms with Crippen molar-refractivity contribution in [2.75, 3.05) is 0 Å². The minimum atomic E-state index is -5.66. The van der Waals surface area contributed by atoms with Gasteiger partial charge in [0.25, 0.3) is 0 Å². The summed E-state index contributed by atoms with van der Waals surface area (Å²) < 4.78 is 77.7. The van der Waals surface area contributed by atoms with Crippen molar-refractivity contribution in [3.63, 3.8) is 0 Å². The monoisotopic (exact) mass is 336 g/mol. The van der Waals surface area contributed by atoms with Gasteiger partial charge < -0.3 is 10.2 Å². The molecule has 23 heavy (non-hydrogen) atoms. The third-order valence-corrected chi connectivity index (χ3v) is 3.20. The Labute approximate surface area is 126 Å². The predicted octanol–water partition coefficient (Wildman–Crippen LogP) is 5.04. The summed E-state index contributed by atoms with van der Waals surface area (Å²) in [5.41, 5.74) is -4.82. The third kappa shape index (κ3) is 3.35. The van der Waals surface area contributed by atoms with E-state index >= 15 is 0 Å². The summed E-state index contributed by atoms with van der Waals surface area (Å²) in [5, 5.41) is 19.5. The summed E-state index contributed by atoms with van der Waals surface area (Å²) >= 11 is 0. The van der Waals surface area contributed by atoms with Crippen LogP contribution in [-0.2, 0) is 0 Å². The number of rotatable bonds is 1. The van der Waals surface area contributed by atoms with Crippen molar-refractivity contribution in [2.24, 2.45) is 0 Å². The number of aliphatic hydroxyl groups excluding tert-OH is 1. The molecule has 124 valence electrons. The van der Waals surface area contributed by atoms with Crippen LogP contribution in [0, 0.1) is 0 Å². The first-order valence-electron chi connectivity index (χ1n) is 6.29. The maximum Gasteiger partial charge on any atom is 0.421 e. The van der Waals surface area contributed by atoms with Crippen molar-refractivity contribution in [1.82, 2.24) is 0 Å². The molecule has 1 aromatic rings. The van der Waals surface area contributed by atoms with E-state index in [0.717, 1.165) is 24.3 Å². The summed E-state index contributed by atoms with van der Waals surface area (Å²) in [4.78, 5) is 0. The van der Waals surface area contributed by atoms with Gasteiger partial charge in [0, 0.05) is 11.1 Å². The Morgan fingerprint density at radius 3 is 2.00 bits per heavy atom. The van der Waals surface area contributed by atoms with Crippen LogP contribution in [0.4, 0.5) is 26.3 Å². The molecule has 2 N–H and O–H groups in total. The summed E-state index contributed by atoms with van der Waals surface area (Å²) in [6, 6.07) is 4.91. The molecule has 1 aliphatic carbocycles. The number of benzene rings is 1. The Morgan fingerprint density at radius 1 is 0.913 bits per heavy atom. The van der Waals surface area contributed by atoms with Crippen LogP contribution in [0.15, 0.2) is 53.3 Å². The highest BCUT2D eigenvalue weighted by molar-refractivity contribution is 5.86. The number of phenols is 1. The molecule has 0 heterocycles. The normalized spacial score (nSPS) is 16.0. The molecule has 0 saturated heterocycles. The Balaban J connectivity index is 2.82. The highest BCUT2D eigenvalue weighted by atomic mass is 19.4. The van der Waals surface area contributed by atoms with Gasteiger partial charge >= 0.3 is 12.4 Å². The molecule has 0 unspecified atom stereocenters. The highest BCUT2D eigenvalue weighted by Crippen LogP contribution is 2.47. The summed E-state index contributed by atoms with van der Waals surface area (Å²) in [5.74, 6) is -1.32. The van der Waals surface area contributed by atoms with Gasteiger partial charge in [0.15, 0.2) is 0 Å². The highest BCUT2D eigenvalue weighted by Gasteiger charge is 2.53. The van der Waals surface area contributed by atoms with Gasteiger partial charge in [-0.15, -0.1) is 0 Å². The van der Waals surface area contributed by atoms with Gasteiger partial charge in [0.1, 0.15) is 17.1 Å². The van der Waals surface area contributed by atoms with Crippen LogP contribution in [0.1, 0.15) is 12.0 Å². The second kappa shape index (κ2) is 5.68. The Bertz CT molecular complexity index is 691. The average Bonchev–Trinajstić information content (AvgIpc) is 2.37. The van der Waals surface area contributed by atoms with E-state index < -0.39 is 47.0 Å². The number of para-hydroxylation sites is 1. The van der Waals surface area contributed by atoms with E-state index in [4.69, 9.17) is 0 Å². The molecule has 0 aliphatic heterocycles. The molecule has 1 aromatic carbocycles. The molecule has 0 bridgehead atoms. The van der Waals surface area contributed by atoms with E-state index in [-0.39, 0.29) is 5.56 Å². The van der Waals surface area contributed by atoms with Crippen molar-refractivity contribution in [2.45, 2.75) is 18.8 Å². The number of aliphatic hydroxyl groups is 1. The maximum atomic E-state index is 12.9. The van der Waals surface area contributed by atoms with E-state index in [2.05, 4.69) is 0 Å². The number of halogens is 6. The van der Waals surface area contributed by atoms with Crippen LogP contribution in [0.2, 0.25) is 0 Å². The molecule has 0 fully saturated rings. The molecular weight excluding hydrogens is 326 g/mol. The van der Waals surface area contributed by atoms with Crippen LogP contribution in [0.5, 0.6) is 5.75 Å². The number of alkyl halides is 6. The van der Waals surface area contributed by atoms with Crippen LogP contribution in [0.3, 0.4) is 0 Å². The summed E-state index contributed by atoms with van der Waals surface area (Å²) in [6.07, 6.45) is -10.0. The van der Waals surface area contributed by atoms with Gasteiger partial charge in [-0.25, -0.2) is 0 Å². The number of aromatic hydroxyl groups is 1. The van der Waals surface area contributed by atoms with Crippen molar-refractivity contribution in [3.8, 4) is 5.75 Å². The Morgan fingerprint density at radius 2 is 1.48 bits per heavy atom. The summed E-state index contributed by atoms with van der Waals surface area (Å²) in [7, 11) is 0. The third-order valence-electron chi connectivity index (χ3n) is 3.20. The zero-order valence-corrected chi connectivity index (χ0v) is 11.3. The fraction of sp³-hybridized carbons (Fsp3) is 0.200. The van der Waals surface area contributed by atoms with Crippen LogP contribution in [0.25, 0.3) is 5.57 Å². The van der Waals surface area contributed by atoms with Gasteiger partial charge in [0.2, 0.25) is 0 Å². The smallest absolute Gasteiger partial charge is 0.421 e. The van der Waals surface area contributed by atoms with Crippen molar-refractivity contribution < 1.29 is 36.6 Å². The van der Waals surface area contributed by atoms with Gasteiger partial charge in [-0.3, -0.25) is 0 Å². The van der Waals surface area contributed by atoms with Gasteiger partial charge in [-0.05, 0) is 24.1 Å². The van der Waals surface area contributed by atoms with E-state index in [9.17, 15) is 36.6 Å². The maximum absolute atomic E-state index is 12.9. The lowest BCUT2D eigenvalue weighted by atomic mass is 9.86. The molecule has 0 saturated carbocycles. The minimum Gasteiger partial charge on any atom is -0.507 e. The number of hydrogen-bond acceptors (Lipinski definition) is 2. The molecule has 0 spiro atoms. The lowest BCUT2D eigenvalue weighted by Gasteiger charge is -2.24. The Kier molecular flexibility index (Phi) is 4.19. The van der Waals surface area contributed by atoms with E-state index in [1.807, 2.05) is 0 Å². The van der Waals surface area contributed by atoms with Crippen LogP contribution in [-0.4, -0.2) is 22.6 Å². The molecule has 1 aliphatic rings. The minimum absolute atomic E-state index is 0.310. The number of allylic oxidation sites excluding steroid dienone is 5. The number of phenolic OH excluding ortho intramolecular Hbond substituents is 1. The molecule has 0 amide bonds. The van der Waals surface area contributed by atoms with Crippen LogP contribution < -0.4 is 0 Å². The first-order valence-corrected chi connectivity index (χ1v) is 6.29. The standard InChI is InChI=1S/C15H10F6O2/c16-14(17,18)13(15(19,20)21)9-5-3-7-11(23)12(9)8-4-1-2-6-10(8)22/h1-4,6-7,22-23H,5H2. The second-order valence-electron chi connectivity index (χ2n) is 4.73. The fourth-order valence-corrected chi connectivity index (χ4v) is 2.34. The lowest BCUT2D eigenvalue weighted by molar-refractivity contribution is -0.172. The lowest BCUT2D eigenvalue weighted by Crippen LogP contribution is -2.29. The van der Waals surface area contributed by atoms with Crippen molar-refractivity contribution >= 4 is 5.57 Å². The zero-order chi connectivity index (χ0) is 17.4. The topological polar surface area (TPSA) is 40.5 Å². The van der Waals surface area contributed by atoms with E-state index in [1.165, 1.54) is 12.1 Å². The SMILES string of the molecule is OC1=C(c2ccccc2O)C(=C(C(F)(F)F)C(F)(F)F)CC=C1. The molecular formula is C15H10F6O2. The zero-order valence-electron chi connectivity index (χ0n) is 11.3. The molecule has 0 atom stereocenters. The number of hydrogen-bond donors (Lipinski definition) is 2. The fourth-order valence-electron chi connectivity index (χ4n) is 2.34. The molecule has 0 aromatic heterocycles. The Hall–Kier alpha value is -2.38. The van der Waals surface area contributed by atoms with Gasteiger partial charge in [0.05, 0.1) is 0 Å². The van der Waals surface area contributed by atoms with Gasteiger partial charge in [-0.2, -0.15) is 26.3 Å². The quantitative estimate of drug-likeness (QED) is 0.705. The largest absolute Gasteiger partial charge is 0.507 e. The average molecular weight is 336 g/mol. The first-order chi connectivity index (χ1) is 10.5. The van der Waals surface area contributed by atoms with Crippen LogP contribution >= 0.6 is 0 Å². The molecule has 2 rings (SSSR count). The molecule has 0 radical (unpaired) electrons. The van der Waals surface area contributed by atoms with Crippen molar-refractivity contribution in [3.05, 3.63) is 58.9 Å². The van der Waals surface area contributed by atoms with E-state index in [0.29, 0.717) is 0 Å². The van der Waals surface area contributed by atoms with Crippen molar-refractivity contribution in [1.29, 1.82) is 0 Å². The van der Waals surface area contributed by atoms with E-state index in [1.54, 1.807) is 0 Å². The van der Waals surface area contributed by atoms with Gasteiger partial charge in [-0.1, -0.05) is 24.3 Å². The second-order valence-corrected chi connectivity index (χ2v) is 4.73. The molecule has 8 heteroatoms. The summed E-state index contributed by atoms with van der Waals surface area (Å²) in [6.45, 7) is 0. The first kappa shape index (κ1) is 17.0.